The molecule has 1 saturated heterocycles. The van der Waals surface area contributed by atoms with Gasteiger partial charge in [-0.3, -0.25) is 9.59 Å². The van der Waals surface area contributed by atoms with Crippen LogP contribution in [0, 0.1) is 5.82 Å². The van der Waals surface area contributed by atoms with Crippen LogP contribution in [-0.2, 0) is 10.0 Å². The third kappa shape index (κ3) is 6.01. The number of rotatable bonds is 8. The second-order valence-electron chi connectivity index (χ2n) is 8.81. The van der Waals surface area contributed by atoms with Crippen LogP contribution in [0.3, 0.4) is 0 Å². The first-order valence-corrected chi connectivity index (χ1v) is 13.1. The molecule has 0 radical (unpaired) electrons. The molecule has 0 aromatic heterocycles. The van der Waals surface area contributed by atoms with Crippen LogP contribution in [0.4, 0.5) is 4.39 Å². The smallest absolute Gasteiger partial charge is 0.257 e. The Kier molecular flexibility index (Phi) is 8.43. The zero-order valence-electron chi connectivity index (χ0n) is 19.8. The zero-order valence-corrected chi connectivity index (χ0v) is 20.6. The Morgan fingerprint density at radius 1 is 1.12 bits per heavy atom. The summed E-state index contributed by atoms with van der Waals surface area (Å²) >= 11 is 0. The minimum Gasteiger partial charge on any atom is -0.338 e. The van der Waals surface area contributed by atoms with Gasteiger partial charge >= 0.3 is 0 Å². The molecule has 0 saturated carbocycles. The number of hydrogen-bond donors (Lipinski definition) is 1. The topological polar surface area (TPSA) is 86.8 Å². The zero-order chi connectivity index (χ0) is 24.9. The number of carbonyl (C=O) groups excluding carboxylic acids is 2. The van der Waals surface area contributed by atoms with Crippen molar-refractivity contribution in [3.63, 3.8) is 0 Å². The number of amides is 2. The summed E-state index contributed by atoms with van der Waals surface area (Å²) in [6, 6.07) is 11.8. The van der Waals surface area contributed by atoms with Crippen molar-refractivity contribution in [3.05, 3.63) is 65.5 Å². The Labute approximate surface area is 201 Å². The van der Waals surface area contributed by atoms with Gasteiger partial charge in [-0.2, -0.15) is 0 Å². The first-order valence-electron chi connectivity index (χ1n) is 11.6. The number of hydrogen-bond acceptors (Lipinski definition) is 4. The summed E-state index contributed by atoms with van der Waals surface area (Å²) in [6.45, 7) is 6.69. The molecule has 7 nitrogen and oxygen atoms in total. The lowest BCUT2D eigenvalue weighted by Crippen LogP contribution is -2.49. The number of benzene rings is 2. The van der Waals surface area contributed by atoms with Crippen LogP contribution >= 0.6 is 0 Å². The summed E-state index contributed by atoms with van der Waals surface area (Å²) in [4.78, 5) is 29.4. The normalized spacial score (nSPS) is 14.9. The summed E-state index contributed by atoms with van der Waals surface area (Å²) in [5, 5.41) is 0. The highest BCUT2D eigenvalue weighted by molar-refractivity contribution is 7.89. The van der Waals surface area contributed by atoms with E-state index in [0.29, 0.717) is 44.5 Å². The molecular weight excluding hydrogens is 457 g/mol. The maximum atomic E-state index is 14.7. The number of nitrogens with one attached hydrogen (secondary N) is 1. The van der Waals surface area contributed by atoms with Crippen LogP contribution in [-0.4, -0.2) is 61.7 Å². The molecule has 0 unspecified atom stereocenters. The van der Waals surface area contributed by atoms with Crippen molar-refractivity contribution in [2.75, 3.05) is 19.6 Å². The van der Waals surface area contributed by atoms with E-state index in [2.05, 4.69) is 4.72 Å². The lowest BCUT2D eigenvalue weighted by Gasteiger charge is -2.38. The highest BCUT2D eigenvalue weighted by Gasteiger charge is 2.31. The van der Waals surface area contributed by atoms with E-state index < -0.39 is 21.7 Å². The van der Waals surface area contributed by atoms with Crippen molar-refractivity contribution in [1.82, 2.24) is 14.5 Å². The van der Waals surface area contributed by atoms with Gasteiger partial charge in [0.2, 0.25) is 10.0 Å². The summed E-state index contributed by atoms with van der Waals surface area (Å²) in [6.07, 6.45) is 1.81. The van der Waals surface area contributed by atoms with Crippen molar-refractivity contribution in [2.24, 2.45) is 0 Å². The molecule has 1 heterocycles. The summed E-state index contributed by atoms with van der Waals surface area (Å²) in [5.74, 6) is -1.34. The second-order valence-corrected chi connectivity index (χ2v) is 10.5. The van der Waals surface area contributed by atoms with Crippen molar-refractivity contribution in [1.29, 1.82) is 0 Å². The molecule has 184 valence electrons. The molecule has 2 aromatic carbocycles. The van der Waals surface area contributed by atoms with Crippen LogP contribution in [0.1, 0.15) is 60.7 Å². The van der Waals surface area contributed by atoms with Gasteiger partial charge in [0.1, 0.15) is 5.82 Å². The largest absolute Gasteiger partial charge is 0.338 e. The van der Waals surface area contributed by atoms with Gasteiger partial charge in [-0.25, -0.2) is 17.5 Å². The molecule has 0 atom stereocenters. The minimum atomic E-state index is -3.87. The Hall–Kier alpha value is -2.78. The number of sulfonamides is 1. The van der Waals surface area contributed by atoms with Gasteiger partial charge in [0.15, 0.2) is 0 Å². The molecule has 3 rings (SSSR count). The van der Waals surface area contributed by atoms with E-state index in [1.807, 2.05) is 25.1 Å². The molecule has 0 bridgehead atoms. The Morgan fingerprint density at radius 3 is 2.35 bits per heavy atom. The molecule has 0 aliphatic carbocycles. The van der Waals surface area contributed by atoms with E-state index in [1.165, 1.54) is 0 Å². The van der Waals surface area contributed by atoms with Crippen LogP contribution in [0.5, 0.6) is 0 Å². The Morgan fingerprint density at radius 2 is 1.76 bits per heavy atom. The van der Waals surface area contributed by atoms with Crippen LogP contribution in [0.2, 0.25) is 0 Å². The fourth-order valence-corrected chi connectivity index (χ4v) is 5.48. The molecule has 1 aliphatic heterocycles. The average Bonchev–Trinajstić information content (AvgIpc) is 2.82. The molecule has 1 aliphatic rings. The van der Waals surface area contributed by atoms with E-state index in [-0.39, 0.29) is 28.4 Å². The van der Waals surface area contributed by atoms with E-state index in [0.717, 1.165) is 18.2 Å². The third-order valence-corrected chi connectivity index (χ3v) is 7.46. The van der Waals surface area contributed by atoms with E-state index in [4.69, 9.17) is 0 Å². The van der Waals surface area contributed by atoms with Crippen LogP contribution < -0.4 is 4.72 Å². The molecule has 34 heavy (non-hydrogen) atoms. The SMILES string of the molecule is CCCN(C(=O)c1cc(S(=O)(=O)NC(C)C)ccc1F)C1CCN(C(=O)c2ccccc2)CC1. The molecule has 2 aromatic rings. The molecule has 2 amide bonds. The summed E-state index contributed by atoms with van der Waals surface area (Å²) < 4.78 is 42.2. The van der Waals surface area contributed by atoms with Crippen molar-refractivity contribution in [2.45, 2.75) is 57.0 Å². The van der Waals surface area contributed by atoms with Crippen molar-refractivity contribution < 1.29 is 22.4 Å². The fourth-order valence-electron chi connectivity index (χ4n) is 4.20. The molecule has 9 heteroatoms. The first-order chi connectivity index (χ1) is 16.1. The number of halogens is 1. The van der Waals surface area contributed by atoms with E-state index in [9.17, 15) is 22.4 Å². The minimum absolute atomic E-state index is 0.0472. The molecular formula is C25H32FN3O4S. The van der Waals surface area contributed by atoms with Crippen LogP contribution in [0.15, 0.2) is 53.4 Å². The average molecular weight is 490 g/mol. The lowest BCUT2D eigenvalue weighted by molar-refractivity contribution is 0.0516. The van der Waals surface area contributed by atoms with Gasteiger partial charge in [0, 0.05) is 37.3 Å². The van der Waals surface area contributed by atoms with Gasteiger partial charge in [-0.05, 0) is 63.4 Å². The van der Waals surface area contributed by atoms with Gasteiger partial charge in [-0.1, -0.05) is 25.1 Å². The number of piperidine rings is 1. The predicted octanol–water partition coefficient (Wildman–Crippen LogP) is 3.67. The Bertz CT molecular complexity index is 1110. The third-order valence-electron chi connectivity index (χ3n) is 5.81. The van der Waals surface area contributed by atoms with Crippen molar-refractivity contribution >= 4 is 21.8 Å². The summed E-state index contributed by atoms with van der Waals surface area (Å²) in [5.41, 5.74) is 0.361. The fraction of sp³-hybridized carbons (Fsp3) is 0.440. The Balaban J connectivity index is 1.78. The highest BCUT2D eigenvalue weighted by Crippen LogP contribution is 2.23. The highest BCUT2D eigenvalue weighted by atomic mass is 32.2. The van der Waals surface area contributed by atoms with Gasteiger partial charge in [0.25, 0.3) is 11.8 Å². The van der Waals surface area contributed by atoms with E-state index >= 15 is 0 Å². The maximum Gasteiger partial charge on any atom is 0.257 e. The standard InChI is InChI=1S/C25H32FN3O4S/c1-4-14-29(20-12-15-28(16-13-20)24(30)19-8-6-5-7-9-19)25(31)22-17-21(10-11-23(22)26)34(32,33)27-18(2)3/h5-11,17-18,20,27H,4,12-16H2,1-3H3. The predicted molar refractivity (Wildman–Crippen MR) is 129 cm³/mol. The van der Waals surface area contributed by atoms with Gasteiger partial charge < -0.3 is 9.80 Å². The first kappa shape index (κ1) is 25.8. The van der Waals surface area contributed by atoms with Gasteiger partial charge in [0.05, 0.1) is 10.5 Å². The lowest BCUT2D eigenvalue weighted by atomic mass is 10.0. The van der Waals surface area contributed by atoms with Gasteiger partial charge in [-0.15, -0.1) is 0 Å². The maximum absolute atomic E-state index is 14.7. The second kappa shape index (κ2) is 11.1. The molecule has 0 spiro atoms. The van der Waals surface area contributed by atoms with E-state index in [1.54, 1.807) is 35.8 Å². The van der Waals surface area contributed by atoms with Crippen LogP contribution in [0.25, 0.3) is 0 Å². The number of nitrogens with zero attached hydrogens (tertiary/aromatic N) is 2. The molecule has 1 fully saturated rings. The quantitative estimate of drug-likeness (QED) is 0.613. The van der Waals surface area contributed by atoms with Crippen molar-refractivity contribution in [3.8, 4) is 0 Å². The molecule has 1 N–H and O–H groups in total. The summed E-state index contributed by atoms with van der Waals surface area (Å²) in [7, 11) is -3.87. The number of likely N-dealkylation sites (tertiary alicyclic amines) is 1. The number of carbonyl (C=O) groups is 2. The monoisotopic (exact) mass is 489 g/mol.